The molecule has 0 unspecified atom stereocenters. The van der Waals surface area contributed by atoms with Crippen molar-refractivity contribution in [1.29, 1.82) is 0 Å². The molecule has 2 aromatic rings. The Morgan fingerprint density at radius 1 is 1.42 bits per heavy atom. The number of halogens is 1. The maximum atomic E-state index is 12.4. The molecule has 26 heavy (non-hydrogen) atoms. The first-order chi connectivity index (χ1) is 12.3. The third-order valence-electron chi connectivity index (χ3n) is 4.01. The Balaban J connectivity index is 2.37. The average molecular weight is 381 g/mol. The summed E-state index contributed by atoms with van der Waals surface area (Å²) in [6.07, 6.45) is 1.87. The molecule has 0 spiro atoms. The van der Waals surface area contributed by atoms with Crippen LogP contribution in [0, 0.1) is 16.0 Å². The minimum absolute atomic E-state index is 0.113. The summed E-state index contributed by atoms with van der Waals surface area (Å²) >= 11 is 6.09. The Morgan fingerprint density at radius 2 is 2.04 bits per heavy atom. The maximum Gasteiger partial charge on any atom is 0.326 e. The number of nitro groups is 1. The Bertz CT molecular complexity index is 881. The van der Waals surface area contributed by atoms with Gasteiger partial charge in [0, 0.05) is 12.1 Å². The van der Waals surface area contributed by atoms with Gasteiger partial charge in [-0.05, 0) is 18.1 Å². The predicted octanol–water partition coefficient (Wildman–Crippen LogP) is 2.71. The van der Waals surface area contributed by atoms with Gasteiger partial charge in [0.2, 0.25) is 0 Å². The molecular weight excluding hydrogens is 364 g/mol. The highest BCUT2D eigenvalue weighted by Gasteiger charge is 2.25. The van der Waals surface area contributed by atoms with Gasteiger partial charge in [-0.15, -0.1) is 0 Å². The molecule has 10 heteroatoms. The predicted molar refractivity (Wildman–Crippen MR) is 96.0 cm³/mol. The molecule has 1 heterocycles. The van der Waals surface area contributed by atoms with Crippen LogP contribution in [0.5, 0.6) is 0 Å². The van der Waals surface area contributed by atoms with Gasteiger partial charge in [0.15, 0.2) is 0 Å². The first-order valence-electron chi connectivity index (χ1n) is 7.78. The van der Waals surface area contributed by atoms with Crippen LogP contribution in [-0.2, 0) is 4.79 Å². The molecule has 2 N–H and O–H groups in total. The molecule has 0 saturated heterocycles. The number of hydrogen-bond donors (Lipinski definition) is 2. The number of nitro benzene ring substituents is 1. The molecule has 1 aromatic carbocycles. The number of carboxylic acid groups (broad SMARTS) is 1. The first kappa shape index (κ1) is 19.4. The first-order valence-corrected chi connectivity index (χ1v) is 8.16. The van der Waals surface area contributed by atoms with Gasteiger partial charge < -0.3 is 10.4 Å². The Kier molecular flexibility index (Phi) is 5.93. The molecule has 0 amide bonds. The molecule has 2 rings (SSSR count). The lowest BCUT2D eigenvalue weighted by Gasteiger charge is -2.21. The smallest absolute Gasteiger partial charge is 0.326 e. The van der Waals surface area contributed by atoms with Crippen LogP contribution in [-0.4, -0.2) is 31.8 Å². The van der Waals surface area contributed by atoms with Crippen LogP contribution in [0.4, 0.5) is 11.4 Å². The molecule has 1 aromatic heterocycles. The van der Waals surface area contributed by atoms with Gasteiger partial charge in [0.05, 0.1) is 22.5 Å². The van der Waals surface area contributed by atoms with E-state index in [-0.39, 0.29) is 22.3 Å². The summed E-state index contributed by atoms with van der Waals surface area (Å²) in [6, 6.07) is 4.30. The highest BCUT2D eigenvalue weighted by atomic mass is 35.5. The van der Waals surface area contributed by atoms with Gasteiger partial charge in [-0.1, -0.05) is 31.9 Å². The number of non-ortho nitro benzene ring substituents is 1. The van der Waals surface area contributed by atoms with Crippen molar-refractivity contribution in [3.8, 4) is 5.69 Å². The van der Waals surface area contributed by atoms with Crippen LogP contribution in [0.3, 0.4) is 0 Å². The zero-order valence-electron chi connectivity index (χ0n) is 14.0. The van der Waals surface area contributed by atoms with Crippen molar-refractivity contribution in [2.45, 2.75) is 26.3 Å². The van der Waals surface area contributed by atoms with Crippen molar-refractivity contribution in [1.82, 2.24) is 9.78 Å². The molecule has 0 aliphatic rings. The number of nitrogens with one attached hydrogen (secondary N) is 1. The molecule has 0 bridgehead atoms. The van der Waals surface area contributed by atoms with Crippen LogP contribution in [0.15, 0.2) is 35.3 Å². The van der Waals surface area contributed by atoms with Gasteiger partial charge >= 0.3 is 5.97 Å². The number of hydrogen-bond acceptors (Lipinski definition) is 6. The van der Waals surface area contributed by atoms with Gasteiger partial charge in [-0.2, -0.15) is 9.78 Å². The third kappa shape index (κ3) is 3.99. The molecule has 2 atom stereocenters. The van der Waals surface area contributed by atoms with Crippen LogP contribution >= 0.6 is 11.6 Å². The van der Waals surface area contributed by atoms with Crippen LogP contribution < -0.4 is 10.9 Å². The van der Waals surface area contributed by atoms with E-state index in [9.17, 15) is 24.8 Å². The van der Waals surface area contributed by atoms with E-state index < -0.39 is 22.5 Å². The number of anilines is 1. The summed E-state index contributed by atoms with van der Waals surface area (Å²) in [5, 5.41) is 26.5. The molecule has 0 aliphatic carbocycles. The zero-order chi connectivity index (χ0) is 19.4. The van der Waals surface area contributed by atoms with Crippen LogP contribution in [0.1, 0.15) is 20.3 Å². The topological polar surface area (TPSA) is 127 Å². The summed E-state index contributed by atoms with van der Waals surface area (Å²) in [5.74, 6) is -1.25. The quantitative estimate of drug-likeness (QED) is 0.558. The summed E-state index contributed by atoms with van der Waals surface area (Å²) in [5.41, 5.74) is -0.379. The second-order valence-electron chi connectivity index (χ2n) is 5.71. The van der Waals surface area contributed by atoms with E-state index >= 15 is 0 Å². The average Bonchev–Trinajstić information content (AvgIpc) is 2.62. The summed E-state index contributed by atoms with van der Waals surface area (Å²) < 4.78 is 0.982. The van der Waals surface area contributed by atoms with E-state index in [0.29, 0.717) is 12.1 Å². The van der Waals surface area contributed by atoms with Gasteiger partial charge in [-0.25, -0.2) is 4.79 Å². The largest absolute Gasteiger partial charge is 0.480 e. The van der Waals surface area contributed by atoms with Gasteiger partial charge in [-0.3, -0.25) is 14.9 Å². The Hall–Kier alpha value is -2.94. The second-order valence-corrected chi connectivity index (χ2v) is 6.09. The lowest BCUT2D eigenvalue weighted by atomic mass is 9.99. The zero-order valence-corrected chi connectivity index (χ0v) is 14.8. The van der Waals surface area contributed by atoms with Crippen molar-refractivity contribution in [2.24, 2.45) is 5.92 Å². The van der Waals surface area contributed by atoms with E-state index in [1.54, 1.807) is 6.92 Å². The van der Waals surface area contributed by atoms with Crippen LogP contribution in [0.25, 0.3) is 5.69 Å². The molecule has 0 aliphatic heterocycles. The fourth-order valence-corrected chi connectivity index (χ4v) is 2.47. The summed E-state index contributed by atoms with van der Waals surface area (Å²) in [6.45, 7) is 3.62. The fourth-order valence-electron chi connectivity index (χ4n) is 2.28. The van der Waals surface area contributed by atoms with Crippen molar-refractivity contribution in [3.63, 3.8) is 0 Å². The number of benzene rings is 1. The molecule has 0 saturated carbocycles. The maximum absolute atomic E-state index is 12.4. The van der Waals surface area contributed by atoms with E-state index in [1.165, 1.54) is 30.5 Å². The number of rotatable bonds is 7. The lowest BCUT2D eigenvalue weighted by molar-refractivity contribution is -0.384. The van der Waals surface area contributed by atoms with Crippen molar-refractivity contribution in [2.75, 3.05) is 5.32 Å². The standard InChI is InChI=1S/C16H17ClN4O5/c1-3-9(2)14(16(23)24)19-12-8-18-20(15(22)13(12)17)10-4-6-11(7-5-10)21(25)26/h4-9,14,19H,3H2,1-2H3,(H,23,24)/t9-,14-/m0/s1. The van der Waals surface area contributed by atoms with Gasteiger partial charge in [0.25, 0.3) is 11.2 Å². The lowest BCUT2D eigenvalue weighted by Crippen LogP contribution is -2.36. The Morgan fingerprint density at radius 3 is 2.54 bits per heavy atom. The number of carboxylic acids is 1. The Labute approximate surface area is 153 Å². The minimum Gasteiger partial charge on any atom is -0.480 e. The molecular formula is C16H17ClN4O5. The molecule has 0 radical (unpaired) electrons. The normalized spacial score (nSPS) is 13.0. The van der Waals surface area contributed by atoms with E-state index in [4.69, 9.17) is 11.6 Å². The monoisotopic (exact) mass is 380 g/mol. The highest BCUT2D eigenvalue weighted by Crippen LogP contribution is 2.21. The molecule has 9 nitrogen and oxygen atoms in total. The number of aromatic nitrogens is 2. The minimum atomic E-state index is -1.06. The van der Waals surface area contributed by atoms with E-state index in [0.717, 1.165) is 4.68 Å². The molecule has 0 fully saturated rings. The number of aliphatic carboxylic acids is 1. The van der Waals surface area contributed by atoms with E-state index in [1.807, 2.05) is 6.92 Å². The van der Waals surface area contributed by atoms with E-state index in [2.05, 4.69) is 10.4 Å². The van der Waals surface area contributed by atoms with Crippen molar-refractivity contribution >= 4 is 28.9 Å². The number of carbonyl (C=O) groups is 1. The number of nitrogens with zero attached hydrogens (tertiary/aromatic N) is 3. The fraction of sp³-hybridized carbons (Fsp3) is 0.312. The van der Waals surface area contributed by atoms with Crippen molar-refractivity contribution in [3.05, 3.63) is 56.0 Å². The SMILES string of the molecule is CC[C@H](C)[C@H](Nc1cnn(-c2ccc([N+](=O)[O-])cc2)c(=O)c1Cl)C(=O)O. The summed E-state index contributed by atoms with van der Waals surface area (Å²) in [7, 11) is 0. The van der Waals surface area contributed by atoms with Gasteiger partial charge in [0.1, 0.15) is 11.1 Å². The van der Waals surface area contributed by atoms with Crippen molar-refractivity contribution < 1.29 is 14.8 Å². The highest BCUT2D eigenvalue weighted by molar-refractivity contribution is 6.33. The summed E-state index contributed by atoms with van der Waals surface area (Å²) in [4.78, 5) is 34.0. The second kappa shape index (κ2) is 7.96. The molecule has 138 valence electrons. The van der Waals surface area contributed by atoms with Crippen LogP contribution in [0.2, 0.25) is 5.02 Å². The third-order valence-corrected chi connectivity index (χ3v) is 4.38.